The van der Waals surface area contributed by atoms with Crippen molar-refractivity contribution in [1.29, 1.82) is 0 Å². The summed E-state index contributed by atoms with van der Waals surface area (Å²) in [7, 11) is 0.294. The standard InChI is InChI=1S/C32H51N2O4S.CH4/c1-8-13-19-32(9-2)24-39(36,37)29-18-17-26(33(6)7)23-28(29)30(31(32)35)25-15-14-16-27(22-25)38-21-20-34(10-3,11-4)12-5;/h14-18,22-23,30-31,35H,8-13,19-21,24H2,1-7H3;1H4/q+1;/t30-,31-,32-;/m1./s1. The van der Waals surface area contributed by atoms with Crippen LogP contribution < -0.4 is 9.64 Å². The molecule has 226 valence electrons. The number of sulfone groups is 1. The summed E-state index contributed by atoms with van der Waals surface area (Å²) >= 11 is 0. The molecule has 0 aromatic heterocycles. The maximum atomic E-state index is 13.9. The molecule has 0 amide bonds. The Hall–Kier alpha value is -2.09. The fraction of sp³-hybridized carbons (Fsp3) is 0.636. The van der Waals surface area contributed by atoms with E-state index in [1.165, 1.54) is 0 Å². The van der Waals surface area contributed by atoms with Gasteiger partial charge >= 0.3 is 0 Å². The fourth-order valence-corrected chi connectivity index (χ4v) is 8.56. The second-order valence-corrected chi connectivity index (χ2v) is 13.5. The van der Waals surface area contributed by atoms with Crippen molar-refractivity contribution in [3.8, 4) is 5.75 Å². The van der Waals surface area contributed by atoms with Crippen molar-refractivity contribution in [2.24, 2.45) is 5.41 Å². The van der Waals surface area contributed by atoms with Gasteiger partial charge in [0.2, 0.25) is 0 Å². The highest BCUT2D eigenvalue weighted by molar-refractivity contribution is 7.91. The number of hydrogen-bond donors (Lipinski definition) is 1. The van der Waals surface area contributed by atoms with Crippen molar-refractivity contribution in [3.63, 3.8) is 0 Å². The minimum atomic E-state index is -3.61. The molecule has 2 aromatic rings. The van der Waals surface area contributed by atoms with E-state index < -0.39 is 27.3 Å². The number of aliphatic hydroxyl groups excluding tert-OH is 1. The van der Waals surface area contributed by atoms with Crippen LogP contribution in [0.25, 0.3) is 0 Å². The molecule has 0 spiro atoms. The van der Waals surface area contributed by atoms with E-state index in [1.54, 1.807) is 6.07 Å². The molecule has 2 aromatic carbocycles. The number of benzene rings is 2. The molecule has 0 saturated carbocycles. The first-order valence-corrected chi connectivity index (χ1v) is 16.5. The number of hydrogen-bond acceptors (Lipinski definition) is 5. The molecule has 0 fully saturated rings. The quantitative estimate of drug-likeness (QED) is 0.276. The number of fused-ring (bicyclic) bond motifs is 1. The molecule has 1 N–H and O–H groups in total. The number of ether oxygens (including phenoxy) is 1. The zero-order chi connectivity index (χ0) is 28.8. The van der Waals surface area contributed by atoms with Crippen molar-refractivity contribution in [1.82, 2.24) is 0 Å². The molecule has 1 aliphatic heterocycles. The molecular weight excluding hydrogens is 520 g/mol. The smallest absolute Gasteiger partial charge is 0.179 e. The number of likely N-dealkylation sites (N-methyl/N-ethyl adjacent to an activating group) is 1. The monoisotopic (exact) mass is 575 g/mol. The van der Waals surface area contributed by atoms with E-state index in [0.717, 1.165) is 60.5 Å². The van der Waals surface area contributed by atoms with Gasteiger partial charge in [-0.25, -0.2) is 8.42 Å². The van der Waals surface area contributed by atoms with E-state index in [0.29, 0.717) is 29.9 Å². The van der Waals surface area contributed by atoms with E-state index in [9.17, 15) is 13.5 Å². The largest absolute Gasteiger partial charge is 0.488 e. The summed E-state index contributed by atoms with van der Waals surface area (Å²) in [5, 5.41) is 12.2. The predicted molar refractivity (Wildman–Crippen MR) is 168 cm³/mol. The first-order chi connectivity index (χ1) is 18.5. The summed E-state index contributed by atoms with van der Waals surface area (Å²) in [6.07, 6.45) is 2.25. The van der Waals surface area contributed by atoms with Gasteiger partial charge in [0.05, 0.1) is 36.4 Å². The van der Waals surface area contributed by atoms with Gasteiger partial charge in [0.15, 0.2) is 9.84 Å². The van der Waals surface area contributed by atoms with E-state index in [2.05, 4.69) is 27.7 Å². The van der Waals surface area contributed by atoms with Crippen LogP contribution in [0.2, 0.25) is 0 Å². The Morgan fingerprint density at radius 2 is 1.70 bits per heavy atom. The van der Waals surface area contributed by atoms with Gasteiger partial charge in [-0.15, -0.1) is 0 Å². The summed E-state index contributed by atoms with van der Waals surface area (Å²) in [6, 6.07) is 13.5. The Morgan fingerprint density at radius 3 is 2.27 bits per heavy atom. The van der Waals surface area contributed by atoms with Crippen LogP contribution in [0.3, 0.4) is 0 Å². The van der Waals surface area contributed by atoms with Crippen molar-refractivity contribution < 1.29 is 22.7 Å². The molecule has 6 nitrogen and oxygen atoms in total. The van der Waals surface area contributed by atoms with Crippen LogP contribution in [0, 0.1) is 5.41 Å². The number of anilines is 1. The fourth-order valence-electron chi connectivity index (χ4n) is 6.30. The Labute approximate surface area is 244 Å². The second kappa shape index (κ2) is 14.2. The first kappa shape index (κ1) is 34.1. The van der Waals surface area contributed by atoms with Crippen LogP contribution in [-0.4, -0.2) is 76.7 Å². The Bertz CT molecular complexity index is 1180. The summed E-state index contributed by atoms with van der Waals surface area (Å²) in [5.41, 5.74) is 1.76. The Kier molecular flexibility index (Phi) is 12.1. The normalized spacial score (nSPS) is 22.1. The van der Waals surface area contributed by atoms with Gasteiger partial charge in [0.25, 0.3) is 0 Å². The molecule has 3 atom stereocenters. The lowest BCUT2D eigenvalue weighted by atomic mass is 9.69. The number of rotatable bonds is 13. The average molecular weight is 576 g/mol. The zero-order valence-corrected chi connectivity index (χ0v) is 26.1. The molecule has 0 aliphatic carbocycles. The lowest BCUT2D eigenvalue weighted by Crippen LogP contribution is -2.49. The van der Waals surface area contributed by atoms with Crippen LogP contribution in [0.15, 0.2) is 47.4 Å². The highest BCUT2D eigenvalue weighted by Crippen LogP contribution is 2.49. The van der Waals surface area contributed by atoms with E-state index in [1.807, 2.05) is 62.3 Å². The van der Waals surface area contributed by atoms with Gasteiger partial charge in [-0.1, -0.05) is 46.2 Å². The SMILES string of the molecule is C.CCCC[C@]1(CC)CS(=O)(=O)c2ccc(N(C)C)cc2[C@@H](c2cccc(OCC[N+](CC)(CC)CC)c2)[C@H]1O. The third-order valence-corrected chi connectivity index (χ3v) is 11.4. The molecular formula is C33H55N2O4S+. The van der Waals surface area contributed by atoms with Gasteiger partial charge in [-0.05, 0) is 75.1 Å². The van der Waals surface area contributed by atoms with Crippen LogP contribution >= 0.6 is 0 Å². The van der Waals surface area contributed by atoms with Gasteiger partial charge in [0, 0.05) is 31.1 Å². The summed E-state index contributed by atoms with van der Waals surface area (Å²) in [5.74, 6) is 0.243. The maximum absolute atomic E-state index is 13.9. The molecule has 3 rings (SSSR count). The number of unbranched alkanes of at least 4 members (excludes halogenated alkanes) is 1. The summed E-state index contributed by atoms with van der Waals surface area (Å²) in [4.78, 5) is 2.32. The maximum Gasteiger partial charge on any atom is 0.179 e. The molecule has 1 heterocycles. The number of quaternary nitrogens is 1. The lowest BCUT2D eigenvalue weighted by Gasteiger charge is -2.39. The van der Waals surface area contributed by atoms with Gasteiger partial charge in [-0.2, -0.15) is 0 Å². The molecule has 0 saturated heterocycles. The topological polar surface area (TPSA) is 66.8 Å². The predicted octanol–water partition coefficient (Wildman–Crippen LogP) is 6.51. The van der Waals surface area contributed by atoms with Gasteiger partial charge in [-0.3, -0.25) is 0 Å². The van der Waals surface area contributed by atoms with E-state index in [-0.39, 0.29) is 13.2 Å². The summed E-state index contributed by atoms with van der Waals surface area (Å²) < 4.78 is 35.0. The molecule has 7 heteroatoms. The second-order valence-electron chi connectivity index (χ2n) is 11.6. The molecule has 0 radical (unpaired) electrons. The Morgan fingerprint density at radius 1 is 1.02 bits per heavy atom. The van der Waals surface area contributed by atoms with Gasteiger partial charge < -0.3 is 19.2 Å². The molecule has 0 bridgehead atoms. The van der Waals surface area contributed by atoms with Crippen molar-refractivity contribution in [2.45, 2.75) is 84.6 Å². The summed E-state index contributed by atoms with van der Waals surface area (Å²) in [6.45, 7) is 15.6. The van der Waals surface area contributed by atoms with Crippen molar-refractivity contribution in [3.05, 3.63) is 53.6 Å². The minimum Gasteiger partial charge on any atom is -0.488 e. The van der Waals surface area contributed by atoms with Crippen LogP contribution in [0.1, 0.15) is 84.8 Å². The highest BCUT2D eigenvalue weighted by atomic mass is 32.2. The van der Waals surface area contributed by atoms with Crippen molar-refractivity contribution in [2.75, 3.05) is 57.5 Å². The van der Waals surface area contributed by atoms with Crippen LogP contribution in [0.4, 0.5) is 5.69 Å². The number of nitrogens with zero attached hydrogens (tertiary/aromatic N) is 2. The average Bonchev–Trinajstić information content (AvgIpc) is 3.00. The lowest BCUT2D eigenvalue weighted by molar-refractivity contribution is -0.923. The van der Waals surface area contributed by atoms with Crippen molar-refractivity contribution >= 4 is 15.5 Å². The van der Waals surface area contributed by atoms with Crippen LogP contribution in [-0.2, 0) is 9.84 Å². The zero-order valence-electron chi connectivity index (χ0n) is 25.2. The Balaban J connectivity index is 0.00000560. The molecule has 0 unspecified atom stereocenters. The van der Waals surface area contributed by atoms with E-state index in [4.69, 9.17) is 4.74 Å². The highest BCUT2D eigenvalue weighted by Gasteiger charge is 2.49. The third-order valence-electron chi connectivity index (χ3n) is 9.40. The third kappa shape index (κ3) is 7.03. The van der Waals surface area contributed by atoms with Gasteiger partial charge in [0.1, 0.15) is 18.9 Å². The van der Waals surface area contributed by atoms with Crippen LogP contribution in [0.5, 0.6) is 5.75 Å². The minimum absolute atomic E-state index is 0. The molecule has 1 aliphatic rings. The number of aliphatic hydroxyl groups is 1. The van der Waals surface area contributed by atoms with E-state index >= 15 is 0 Å². The first-order valence-electron chi connectivity index (χ1n) is 14.8. The molecule has 40 heavy (non-hydrogen) atoms.